The molecule has 2 N–H and O–H groups in total. The lowest BCUT2D eigenvalue weighted by Crippen LogP contribution is -2.43. The zero-order chi connectivity index (χ0) is 16.7. The number of nitrogens with one attached hydrogen (secondary N) is 2. The van der Waals surface area contributed by atoms with Gasteiger partial charge >= 0.3 is 0 Å². The second kappa shape index (κ2) is 8.47. The minimum atomic E-state index is -0.399. The summed E-state index contributed by atoms with van der Waals surface area (Å²) in [5.74, 6) is 1.28. The SMILES string of the molecule is CC(C)NC(=NCc1ccc([N+](=O)[O-])cc1)NCC1CCOC1. The molecule has 1 aromatic carbocycles. The van der Waals surface area contributed by atoms with Crippen LogP contribution in [0.15, 0.2) is 29.3 Å². The number of non-ortho nitro benzene ring substituents is 1. The van der Waals surface area contributed by atoms with Crippen LogP contribution in [0.25, 0.3) is 0 Å². The Kier molecular flexibility index (Phi) is 6.34. The van der Waals surface area contributed by atoms with Crippen molar-refractivity contribution in [1.29, 1.82) is 0 Å². The van der Waals surface area contributed by atoms with Crippen molar-refractivity contribution in [2.75, 3.05) is 19.8 Å². The maximum Gasteiger partial charge on any atom is 0.269 e. The van der Waals surface area contributed by atoms with Crippen molar-refractivity contribution in [3.8, 4) is 0 Å². The lowest BCUT2D eigenvalue weighted by Gasteiger charge is -2.17. The van der Waals surface area contributed by atoms with Gasteiger partial charge in [0.15, 0.2) is 5.96 Å². The van der Waals surface area contributed by atoms with Crippen LogP contribution in [0, 0.1) is 16.0 Å². The Balaban J connectivity index is 1.93. The van der Waals surface area contributed by atoms with Crippen molar-refractivity contribution in [3.63, 3.8) is 0 Å². The second-order valence-electron chi connectivity index (χ2n) is 6.00. The Morgan fingerprint density at radius 3 is 2.74 bits per heavy atom. The molecule has 7 nitrogen and oxygen atoms in total. The van der Waals surface area contributed by atoms with Crippen LogP contribution in [-0.4, -0.2) is 36.7 Å². The van der Waals surface area contributed by atoms with Crippen LogP contribution in [0.3, 0.4) is 0 Å². The number of nitro benzene ring substituents is 1. The molecule has 1 atom stereocenters. The van der Waals surface area contributed by atoms with Crippen LogP contribution in [0.1, 0.15) is 25.8 Å². The van der Waals surface area contributed by atoms with Gasteiger partial charge in [0.1, 0.15) is 0 Å². The van der Waals surface area contributed by atoms with Crippen LogP contribution in [0.2, 0.25) is 0 Å². The molecule has 0 spiro atoms. The summed E-state index contributed by atoms with van der Waals surface area (Å²) in [5, 5.41) is 17.3. The highest BCUT2D eigenvalue weighted by atomic mass is 16.6. The minimum absolute atomic E-state index is 0.0950. The molecule has 0 bridgehead atoms. The molecule has 1 saturated heterocycles. The third-order valence-electron chi connectivity index (χ3n) is 3.57. The zero-order valence-electron chi connectivity index (χ0n) is 13.6. The van der Waals surface area contributed by atoms with E-state index in [2.05, 4.69) is 29.5 Å². The second-order valence-corrected chi connectivity index (χ2v) is 6.00. The van der Waals surface area contributed by atoms with Gasteiger partial charge in [0.25, 0.3) is 5.69 Å². The molecule has 0 amide bonds. The number of guanidine groups is 1. The fourth-order valence-corrected chi connectivity index (χ4v) is 2.30. The minimum Gasteiger partial charge on any atom is -0.381 e. The van der Waals surface area contributed by atoms with Crippen LogP contribution in [0.5, 0.6) is 0 Å². The Morgan fingerprint density at radius 2 is 2.17 bits per heavy atom. The van der Waals surface area contributed by atoms with E-state index in [1.54, 1.807) is 12.1 Å². The van der Waals surface area contributed by atoms with Gasteiger partial charge in [0, 0.05) is 37.2 Å². The summed E-state index contributed by atoms with van der Waals surface area (Å²) in [7, 11) is 0. The molecular formula is C16H24N4O3. The van der Waals surface area contributed by atoms with Crippen molar-refractivity contribution in [2.24, 2.45) is 10.9 Å². The Labute approximate surface area is 136 Å². The van der Waals surface area contributed by atoms with E-state index in [9.17, 15) is 10.1 Å². The first kappa shape index (κ1) is 17.2. The lowest BCUT2D eigenvalue weighted by atomic mass is 10.1. The molecule has 23 heavy (non-hydrogen) atoms. The number of nitrogens with zero attached hydrogens (tertiary/aromatic N) is 2. The summed E-state index contributed by atoms with van der Waals surface area (Å²) in [6, 6.07) is 6.75. The van der Waals surface area contributed by atoms with Crippen molar-refractivity contribution in [2.45, 2.75) is 32.9 Å². The number of hydrogen-bond donors (Lipinski definition) is 2. The van der Waals surface area contributed by atoms with Gasteiger partial charge in [-0.25, -0.2) is 4.99 Å². The molecular weight excluding hydrogens is 296 g/mol. The fourth-order valence-electron chi connectivity index (χ4n) is 2.30. The summed E-state index contributed by atoms with van der Waals surface area (Å²) in [5.41, 5.74) is 1.03. The highest BCUT2D eigenvalue weighted by molar-refractivity contribution is 5.80. The summed E-state index contributed by atoms with van der Waals surface area (Å²) >= 11 is 0. The van der Waals surface area contributed by atoms with Crippen LogP contribution in [0.4, 0.5) is 5.69 Å². The monoisotopic (exact) mass is 320 g/mol. The van der Waals surface area contributed by atoms with Crippen molar-refractivity contribution in [1.82, 2.24) is 10.6 Å². The summed E-state index contributed by atoms with van der Waals surface area (Å²) in [6.45, 7) is 7.05. The first-order chi connectivity index (χ1) is 11.0. The van der Waals surface area contributed by atoms with E-state index >= 15 is 0 Å². The van der Waals surface area contributed by atoms with Gasteiger partial charge in [0.2, 0.25) is 0 Å². The predicted octanol–water partition coefficient (Wildman–Crippen LogP) is 2.07. The third kappa shape index (κ3) is 5.86. The first-order valence-electron chi connectivity index (χ1n) is 7.90. The third-order valence-corrected chi connectivity index (χ3v) is 3.57. The zero-order valence-corrected chi connectivity index (χ0v) is 13.6. The number of ether oxygens (including phenoxy) is 1. The highest BCUT2D eigenvalue weighted by Crippen LogP contribution is 2.13. The predicted molar refractivity (Wildman–Crippen MR) is 89.4 cm³/mol. The molecule has 126 valence electrons. The molecule has 0 aliphatic carbocycles. The van der Waals surface area contributed by atoms with Gasteiger partial charge in [0.05, 0.1) is 18.1 Å². The molecule has 1 heterocycles. The number of aliphatic imine (C=N–C) groups is 1. The van der Waals surface area contributed by atoms with E-state index in [-0.39, 0.29) is 11.7 Å². The topological polar surface area (TPSA) is 88.8 Å². The van der Waals surface area contributed by atoms with E-state index in [0.717, 1.165) is 37.7 Å². The maximum absolute atomic E-state index is 10.7. The van der Waals surface area contributed by atoms with E-state index < -0.39 is 4.92 Å². The van der Waals surface area contributed by atoms with Crippen molar-refractivity contribution < 1.29 is 9.66 Å². The molecule has 1 fully saturated rings. The fraction of sp³-hybridized carbons (Fsp3) is 0.562. The first-order valence-corrected chi connectivity index (χ1v) is 7.90. The standard InChI is InChI=1S/C16H24N4O3/c1-12(2)19-16(18-10-14-7-8-23-11-14)17-9-13-3-5-15(6-4-13)20(21)22/h3-6,12,14H,7-11H2,1-2H3,(H2,17,18,19). The normalized spacial score (nSPS) is 18.2. The van der Waals surface area contributed by atoms with Crippen LogP contribution >= 0.6 is 0 Å². The molecule has 1 unspecified atom stereocenters. The molecule has 1 aromatic rings. The molecule has 0 aromatic heterocycles. The van der Waals surface area contributed by atoms with Gasteiger partial charge in [-0.1, -0.05) is 12.1 Å². The molecule has 2 rings (SSSR count). The highest BCUT2D eigenvalue weighted by Gasteiger charge is 2.16. The van der Waals surface area contributed by atoms with Crippen molar-refractivity contribution in [3.05, 3.63) is 39.9 Å². The number of benzene rings is 1. The Bertz CT molecular complexity index is 537. The van der Waals surface area contributed by atoms with Crippen LogP contribution in [-0.2, 0) is 11.3 Å². The maximum atomic E-state index is 10.7. The van der Waals surface area contributed by atoms with E-state index in [1.807, 2.05) is 0 Å². The average molecular weight is 320 g/mol. The largest absolute Gasteiger partial charge is 0.381 e. The summed E-state index contributed by atoms with van der Waals surface area (Å²) in [4.78, 5) is 14.8. The van der Waals surface area contributed by atoms with Crippen LogP contribution < -0.4 is 10.6 Å². The Morgan fingerprint density at radius 1 is 1.43 bits per heavy atom. The Hall–Kier alpha value is -2.15. The molecule has 1 aliphatic rings. The molecule has 1 aliphatic heterocycles. The van der Waals surface area contributed by atoms with Gasteiger partial charge in [-0.15, -0.1) is 0 Å². The van der Waals surface area contributed by atoms with E-state index in [1.165, 1.54) is 12.1 Å². The number of hydrogen-bond acceptors (Lipinski definition) is 4. The number of nitro groups is 1. The summed E-state index contributed by atoms with van der Waals surface area (Å²) < 4.78 is 5.37. The molecule has 0 radical (unpaired) electrons. The summed E-state index contributed by atoms with van der Waals surface area (Å²) in [6.07, 6.45) is 1.07. The van der Waals surface area contributed by atoms with E-state index in [0.29, 0.717) is 12.5 Å². The average Bonchev–Trinajstić information content (AvgIpc) is 3.03. The van der Waals surface area contributed by atoms with Gasteiger partial charge in [-0.05, 0) is 25.8 Å². The smallest absolute Gasteiger partial charge is 0.269 e. The lowest BCUT2D eigenvalue weighted by molar-refractivity contribution is -0.384. The van der Waals surface area contributed by atoms with Gasteiger partial charge in [-0.3, -0.25) is 10.1 Å². The molecule has 7 heteroatoms. The quantitative estimate of drug-likeness (QED) is 0.362. The van der Waals surface area contributed by atoms with Gasteiger partial charge in [-0.2, -0.15) is 0 Å². The van der Waals surface area contributed by atoms with Crippen molar-refractivity contribution >= 4 is 11.6 Å². The van der Waals surface area contributed by atoms with E-state index in [4.69, 9.17) is 4.74 Å². The molecule has 0 saturated carbocycles. The van der Waals surface area contributed by atoms with Gasteiger partial charge < -0.3 is 15.4 Å². The number of rotatable bonds is 6.